The number of nitrogens with one attached hydrogen (secondary N) is 2. The normalized spacial score (nSPS) is 14.6. The lowest BCUT2D eigenvalue weighted by atomic mass is 10.1. The van der Waals surface area contributed by atoms with Gasteiger partial charge < -0.3 is 9.88 Å². The molecule has 0 spiro atoms. The van der Waals surface area contributed by atoms with Crippen LogP contribution in [0.5, 0.6) is 0 Å². The number of rotatable bonds is 3. The highest BCUT2D eigenvalue weighted by molar-refractivity contribution is 6.00. The van der Waals surface area contributed by atoms with Crippen LogP contribution in [-0.2, 0) is 0 Å². The van der Waals surface area contributed by atoms with Crippen molar-refractivity contribution >= 4 is 27.5 Å². The first kappa shape index (κ1) is 17.1. The second-order valence-corrected chi connectivity index (χ2v) is 7.77. The first-order valence-electron chi connectivity index (χ1n) is 10.3. The van der Waals surface area contributed by atoms with Gasteiger partial charge in [-0.25, -0.2) is 0 Å². The smallest absolute Gasteiger partial charge is 0.116 e. The summed E-state index contributed by atoms with van der Waals surface area (Å²) in [5.41, 5.74) is 6.96. The largest absolute Gasteiger partial charge is 0.370 e. The molecule has 1 fully saturated rings. The molecular formula is C23H21N7. The highest BCUT2D eigenvalue weighted by atomic mass is 15.1. The Hall–Kier alpha value is -3.74. The summed E-state index contributed by atoms with van der Waals surface area (Å²) in [4.78, 5) is 19.1. The van der Waals surface area contributed by atoms with E-state index in [2.05, 4.69) is 47.2 Å². The van der Waals surface area contributed by atoms with Gasteiger partial charge >= 0.3 is 0 Å². The number of pyridine rings is 3. The van der Waals surface area contributed by atoms with E-state index in [0.29, 0.717) is 0 Å². The second-order valence-electron chi connectivity index (χ2n) is 7.77. The molecule has 30 heavy (non-hydrogen) atoms. The molecule has 1 aliphatic rings. The molecular weight excluding hydrogens is 374 g/mol. The Morgan fingerprint density at radius 1 is 0.833 bits per heavy atom. The Morgan fingerprint density at radius 3 is 2.57 bits per heavy atom. The van der Waals surface area contributed by atoms with E-state index in [1.54, 1.807) is 12.4 Å². The molecule has 6 rings (SSSR count). The first-order valence-corrected chi connectivity index (χ1v) is 10.3. The molecule has 0 radical (unpaired) electrons. The zero-order valence-electron chi connectivity index (χ0n) is 16.5. The van der Waals surface area contributed by atoms with Crippen LogP contribution in [-0.4, -0.2) is 43.2 Å². The van der Waals surface area contributed by atoms with E-state index in [1.807, 2.05) is 30.7 Å². The fourth-order valence-electron chi connectivity index (χ4n) is 4.35. The maximum Gasteiger partial charge on any atom is 0.116 e. The summed E-state index contributed by atoms with van der Waals surface area (Å²) in [5.74, 6) is 0. The van der Waals surface area contributed by atoms with Crippen molar-refractivity contribution in [1.82, 2.24) is 30.1 Å². The number of hydrogen-bond donors (Lipinski definition) is 2. The third kappa shape index (κ3) is 2.82. The van der Waals surface area contributed by atoms with Crippen molar-refractivity contribution in [3.05, 3.63) is 55.2 Å². The number of H-pyrrole nitrogens is 2. The predicted octanol–water partition coefficient (Wildman–Crippen LogP) is 4.55. The fourth-order valence-corrected chi connectivity index (χ4v) is 4.35. The Bertz CT molecular complexity index is 1330. The van der Waals surface area contributed by atoms with E-state index in [0.717, 1.165) is 52.2 Å². The van der Waals surface area contributed by atoms with E-state index >= 15 is 0 Å². The SMILES string of the molecule is c1cc(-c2cc3c(-c4cc5c(N6CCCCC6)cncc5[nH]4)n[nH]c3cn2)ccn1. The fraction of sp³-hybridized carbons (Fsp3) is 0.217. The molecule has 0 bridgehead atoms. The summed E-state index contributed by atoms with van der Waals surface area (Å²) in [6.07, 6.45) is 13.1. The van der Waals surface area contributed by atoms with Gasteiger partial charge in [-0.05, 0) is 43.5 Å². The van der Waals surface area contributed by atoms with Crippen LogP contribution in [0, 0.1) is 0 Å². The molecule has 1 saturated heterocycles. The summed E-state index contributed by atoms with van der Waals surface area (Å²) < 4.78 is 0. The topological polar surface area (TPSA) is 86.4 Å². The second kappa shape index (κ2) is 6.95. The molecule has 148 valence electrons. The average Bonchev–Trinajstić information content (AvgIpc) is 3.43. The Kier molecular flexibility index (Phi) is 3.97. The standard InChI is InChI=1S/C23H21N7/c1-2-8-30(9-3-1)22-14-25-12-20-16(22)10-19(27-20)23-17-11-18(15-4-6-24-7-5-15)26-13-21(17)28-29-23/h4-7,10-14,27H,1-3,8-9H2,(H,28,29). The first-order chi connectivity index (χ1) is 14.9. The summed E-state index contributed by atoms with van der Waals surface area (Å²) in [6.45, 7) is 2.18. The molecule has 1 aliphatic heterocycles. The molecule has 6 heterocycles. The molecule has 2 N–H and O–H groups in total. The van der Waals surface area contributed by atoms with E-state index < -0.39 is 0 Å². The van der Waals surface area contributed by atoms with Gasteiger partial charge in [0, 0.05) is 41.8 Å². The lowest BCUT2D eigenvalue weighted by Gasteiger charge is -2.28. The number of piperidine rings is 1. The maximum atomic E-state index is 4.60. The van der Waals surface area contributed by atoms with Crippen molar-refractivity contribution in [3.8, 4) is 22.6 Å². The molecule has 7 heteroatoms. The van der Waals surface area contributed by atoms with Gasteiger partial charge in [-0.15, -0.1) is 0 Å². The van der Waals surface area contributed by atoms with Crippen LogP contribution in [0.15, 0.2) is 55.2 Å². The minimum absolute atomic E-state index is 0.892. The zero-order valence-corrected chi connectivity index (χ0v) is 16.5. The highest BCUT2D eigenvalue weighted by Crippen LogP contribution is 2.34. The van der Waals surface area contributed by atoms with Gasteiger partial charge in [-0.2, -0.15) is 5.10 Å². The quantitative estimate of drug-likeness (QED) is 0.468. The van der Waals surface area contributed by atoms with E-state index in [1.165, 1.54) is 30.3 Å². The minimum Gasteiger partial charge on any atom is -0.370 e. The van der Waals surface area contributed by atoms with Gasteiger partial charge in [0.15, 0.2) is 0 Å². The summed E-state index contributed by atoms with van der Waals surface area (Å²) in [6, 6.07) is 8.21. The molecule has 0 amide bonds. The predicted molar refractivity (Wildman–Crippen MR) is 118 cm³/mol. The molecule has 0 atom stereocenters. The maximum absolute atomic E-state index is 4.60. The van der Waals surface area contributed by atoms with Gasteiger partial charge in [-0.3, -0.25) is 20.1 Å². The van der Waals surface area contributed by atoms with Crippen molar-refractivity contribution in [3.63, 3.8) is 0 Å². The summed E-state index contributed by atoms with van der Waals surface area (Å²) in [7, 11) is 0. The summed E-state index contributed by atoms with van der Waals surface area (Å²) >= 11 is 0. The molecule has 7 nitrogen and oxygen atoms in total. The van der Waals surface area contributed by atoms with E-state index in [9.17, 15) is 0 Å². The number of aromatic nitrogens is 6. The van der Waals surface area contributed by atoms with E-state index in [4.69, 9.17) is 0 Å². The Labute approximate surface area is 173 Å². The van der Waals surface area contributed by atoms with Crippen molar-refractivity contribution in [2.45, 2.75) is 19.3 Å². The van der Waals surface area contributed by atoms with Crippen LogP contribution >= 0.6 is 0 Å². The van der Waals surface area contributed by atoms with Crippen LogP contribution in [0.4, 0.5) is 5.69 Å². The van der Waals surface area contributed by atoms with Gasteiger partial charge in [0.05, 0.1) is 46.7 Å². The average molecular weight is 395 g/mol. The van der Waals surface area contributed by atoms with Gasteiger partial charge in [0.25, 0.3) is 0 Å². The molecule has 5 aromatic heterocycles. The van der Waals surface area contributed by atoms with Gasteiger partial charge in [-0.1, -0.05) is 0 Å². The Morgan fingerprint density at radius 2 is 1.70 bits per heavy atom. The lowest BCUT2D eigenvalue weighted by Crippen LogP contribution is -2.29. The minimum atomic E-state index is 0.892. The number of nitrogens with zero attached hydrogens (tertiary/aromatic N) is 5. The third-order valence-electron chi connectivity index (χ3n) is 5.90. The molecule has 0 aliphatic carbocycles. The molecule has 5 aromatic rings. The van der Waals surface area contributed by atoms with Crippen molar-refractivity contribution in [1.29, 1.82) is 0 Å². The van der Waals surface area contributed by atoms with Crippen molar-refractivity contribution in [2.24, 2.45) is 0 Å². The number of hydrogen-bond acceptors (Lipinski definition) is 5. The monoisotopic (exact) mass is 395 g/mol. The van der Waals surface area contributed by atoms with Crippen LogP contribution in [0.3, 0.4) is 0 Å². The van der Waals surface area contributed by atoms with E-state index in [-0.39, 0.29) is 0 Å². The van der Waals surface area contributed by atoms with Crippen molar-refractivity contribution in [2.75, 3.05) is 18.0 Å². The van der Waals surface area contributed by atoms with Gasteiger partial charge in [0.1, 0.15) is 5.69 Å². The number of fused-ring (bicyclic) bond motifs is 2. The van der Waals surface area contributed by atoms with Crippen molar-refractivity contribution < 1.29 is 0 Å². The number of aromatic amines is 2. The Balaban J connectivity index is 1.47. The zero-order chi connectivity index (χ0) is 19.9. The third-order valence-corrected chi connectivity index (χ3v) is 5.90. The van der Waals surface area contributed by atoms with Crippen LogP contribution in [0.25, 0.3) is 44.5 Å². The number of anilines is 1. The van der Waals surface area contributed by atoms with Crippen LogP contribution < -0.4 is 4.90 Å². The van der Waals surface area contributed by atoms with Gasteiger partial charge in [0.2, 0.25) is 0 Å². The molecule has 0 unspecified atom stereocenters. The highest BCUT2D eigenvalue weighted by Gasteiger charge is 2.18. The van der Waals surface area contributed by atoms with Crippen LogP contribution in [0.1, 0.15) is 19.3 Å². The molecule has 0 saturated carbocycles. The summed E-state index contributed by atoms with van der Waals surface area (Å²) in [5, 5.41) is 9.95. The van der Waals surface area contributed by atoms with Crippen LogP contribution in [0.2, 0.25) is 0 Å². The molecule has 0 aromatic carbocycles. The lowest BCUT2D eigenvalue weighted by molar-refractivity contribution is 0.578.